The standard InChI is InChI=1S/C25H31F4N7.C6H11N/c1-15(20-8-13-30-35(20)3)31-22(18-6-11-25(28,29)12-7-18)19-14-36-23(32-19)33-21(16(2)34-36)17-4-9-24(26,27)10-5-17;1-6-4-2-3-5-7-6/h8,13-14,17-18,22,31H,1,4-7,9-12H2,2-3H3;7H,1-5H2. The first-order valence-electron chi connectivity index (χ1n) is 15.3. The maximum Gasteiger partial charge on any atom is 0.251 e. The van der Waals surface area contributed by atoms with Crippen molar-refractivity contribution in [3.8, 4) is 0 Å². The molecule has 2 saturated carbocycles. The lowest BCUT2D eigenvalue weighted by Crippen LogP contribution is -2.34. The van der Waals surface area contributed by atoms with Crippen LogP contribution >= 0.6 is 0 Å². The number of hydrogen-bond donors (Lipinski definition) is 2. The Morgan fingerprint density at radius 3 is 2.28 bits per heavy atom. The molecule has 0 bridgehead atoms. The van der Waals surface area contributed by atoms with E-state index in [2.05, 4.69) is 34.0 Å². The first-order chi connectivity index (χ1) is 20.4. The van der Waals surface area contributed by atoms with Gasteiger partial charge in [0.1, 0.15) is 0 Å². The third kappa shape index (κ3) is 7.56. The highest BCUT2D eigenvalue weighted by molar-refractivity contribution is 5.58. The summed E-state index contributed by atoms with van der Waals surface area (Å²) in [6, 6.07) is 1.46. The van der Waals surface area contributed by atoms with Crippen molar-refractivity contribution in [1.82, 2.24) is 40.0 Å². The number of fused-ring (bicyclic) bond motifs is 1. The van der Waals surface area contributed by atoms with E-state index in [4.69, 9.17) is 9.97 Å². The summed E-state index contributed by atoms with van der Waals surface area (Å²) in [7, 11) is 1.81. The fourth-order valence-corrected chi connectivity index (χ4v) is 6.36. The molecule has 2 N–H and O–H groups in total. The number of aromatic nitrogens is 6. The molecule has 8 nitrogen and oxygen atoms in total. The normalized spacial score (nSPS) is 21.5. The summed E-state index contributed by atoms with van der Waals surface area (Å²) in [6.07, 6.45) is 8.02. The van der Waals surface area contributed by atoms with E-state index in [9.17, 15) is 17.6 Å². The smallest absolute Gasteiger partial charge is 0.251 e. The number of allylic oxidation sites excluding steroid dienone is 1. The second-order valence-electron chi connectivity index (χ2n) is 12.2. The SMILES string of the molecule is C=C(NC(c1cn2nc(C)c(C3CCC(F)(F)CC3)nc2n1)C1CCC(F)(F)CC1)c1ccnn1C.C=C1CCCCN1. The van der Waals surface area contributed by atoms with Gasteiger partial charge in [-0.3, -0.25) is 4.68 Å². The Morgan fingerprint density at radius 1 is 1.05 bits per heavy atom. The number of nitrogens with one attached hydrogen (secondary N) is 2. The first kappa shape index (κ1) is 31.0. The predicted octanol–water partition coefficient (Wildman–Crippen LogP) is 6.86. The Bertz CT molecular complexity index is 1420. The van der Waals surface area contributed by atoms with Crippen LogP contribution in [0.5, 0.6) is 0 Å². The number of rotatable bonds is 6. The van der Waals surface area contributed by atoms with Gasteiger partial charge < -0.3 is 10.6 Å². The van der Waals surface area contributed by atoms with Gasteiger partial charge in [0.2, 0.25) is 11.8 Å². The van der Waals surface area contributed by atoms with Gasteiger partial charge in [0.25, 0.3) is 5.78 Å². The molecule has 3 aromatic heterocycles. The molecule has 0 aromatic carbocycles. The number of nitrogens with zero attached hydrogens (tertiary/aromatic N) is 6. The van der Waals surface area contributed by atoms with Gasteiger partial charge in [0, 0.05) is 57.1 Å². The summed E-state index contributed by atoms with van der Waals surface area (Å²) in [4.78, 5) is 9.46. The van der Waals surface area contributed by atoms with Gasteiger partial charge in [-0.05, 0) is 63.9 Å². The van der Waals surface area contributed by atoms with Crippen molar-refractivity contribution in [3.63, 3.8) is 0 Å². The van der Waals surface area contributed by atoms with Crippen LogP contribution in [0.4, 0.5) is 17.6 Å². The second-order valence-corrected chi connectivity index (χ2v) is 12.2. The fourth-order valence-electron chi connectivity index (χ4n) is 6.36. The number of hydrogen-bond acceptors (Lipinski definition) is 6. The molecular formula is C31H42F4N8. The van der Waals surface area contributed by atoms with E-state index in [0.717, 1.165) is 12.2 Å². The highest BCUT2D eigenvalue weighted by Crippen LogP contribution is 2.43. The van der Waals surface area contributed by atoms with Crippen molar-refractivity contribution >= 4 is 11.5 Å². The lowest BCUT2D eigenvalue weighted by atomic mass is 9.81. The van der Waals surface area contributed by atoms with E-state index < -0.39 is 11.8 Å². The van der Waals surface area contributed by atoms with Crippen LogP contribution in [-0.2, 0) is 7.05 Å². The molecule has 3 aliphatic rings. The molecule has 3 fully saturated rings. The Morgan fingerprint density at radius 2 is 1.72 bits per heavy atom. The number of aryl methyl sites for hydroxylation is 2. The fraction of sp³-hybridized carbons (Fsp3) is 0.613. The van der Waals surface area contributed by atoms with E-state index in [1.165, 1.54) is 25.0 Å². The minimum absolute atomic E-state index is 0.0820. The van der Waals surface area contributed by atoms with Gasteiger partial charge in [-0.15, -0.1) is 0 Å². The lowest BCUT2D eigenvalue weighted by Gasteiger charge is -2.34. The third-order valence-corrected chi connectivity index (χ3v) is 8.93. The molecule has 1 aliphatic heterocycles. The molecule has 12 heteroatoms. The van der Waals surface area contributed by atoms with Gasteiger partial charge in [0.15, 0.2) is 0 Å². The largest absolute Gasteiger partial charge is 0.389 e. The van der Waals surface area contributed by atoms with Crippen molar-refractivity contribution in [3.05, 3.63) is 60.1 Å². The summed E-state index contributed by atoms with van der Waals surface area (Å²) in [5, 5.41) is 15.4. The van der Waals surface area contributed by atoms with Gasteiger partial charge in [0.05, 0.1) is 40.7 Å². The van der Waals surface area contributed by atoms with Gasteiger partial charge in [-0.25, -0.2) is 32.0 Å². The average Bonchev–Trinajstić information content (AvgIpc) is 3.58. The van der Waals surface area contributed by atoms with Crippen molar-refractivity contribution < 1.29 is 17.6 Å². The molecule has 234 valence electrons. The number of imidazole rings is 1. The van der Waals surface area contributed by atoms with E-state index in [1.54, 1.807) is 21.6 Å². The molecule has 0 spiro atoms. The van der Waals surface area contributed by atoms with E-state index in [-0.39, 0.29) is 43.6 Å². The Kier molecular flexibility index (Phi) is 9.12. The molecule has 1 unspecified atom stereocenters. The molecule has 1 saturated heterocycles. The Hall–Kier alpha value is -3.44. The third-order valence-electron chi connectivity index (χ3n) is 8.93. The molecular weight excluding hydrogens is 560 g/mol. The molecule has 2 aliphatic carbocycles. The molecule has 6 rings (SSSR count). The van der Waals surface area contributed by atoms with Crippen molar-refractivity contribution in [2.45, 2.75) is 101 Å². The summed E-state index contributed by atoms with van der Waals surface area (Å²) < 4.78 is 58.5. The van der Waals surface area contributed by atoms with Crippen LogP contribution in [0.2, 0.25) is 0 Å². The molecule has 3 aromatic rings. The van der Waals surface area contributed by atoms with E-state index in [0.29, 0.717) is 54.2 Å². The Balaban J connectivity index is 0.000000463. The highest BCUT2D eigenvalue weighted by atomic mass is 19.3. The molecule has 0 amide bonds. The summed E-state index contributed by atoms with van der Waals surface area (Å²) in [5.74, 6) is -5.05. The number of alkyl halides is 4. The quantitative estimate of drug-likeness (QED) is 0.300. The van der Waals surface area contributed by atoms with Crippen LogP contribution in [0, 0.1) is 12.8 Å². The maximum absolute atomic E-state index is 13.9. The number of piperidine rings is 1. The second kappa shape index (κ2) is 12.7. The van der Waals surface area contributed by atoms with Gasteiger partial charge in [-0.2, -0.15) is 10.2 Å². The molecule has 4 heterocycles. The molecule has 1 atom stereocenters. The molecule has 43 heavy (non-hydrogen) atoms. The van der Waals surface area contributed by atoms with E-state index in [1.807, 2.05) is 20.0 Å². The monoisotopic (exact) mass is 602 g/mol. The zero-order chi connectivity index (χ0) is 30.8. The van der Waals surface area contributed by atoms with Crippen LogP contribution in [-0.4, -0.2) is 47.8 Å². The summed E-state index contributed by atoms with van der Waals surface area (Å²) >= 11 is 0. The van der Waals surface area contributed by atoms with E-state index >= 15 is 0 Å². The van der Waals surface area contributed by atoms with Crippen LogP contribution < -0.4 is 10.6 Å². The van der Waals surface area contributed by atoms with Crippen LogP contribution in [0.25, 0.3) is 11.5 Å². The molecule has 0 radical (unpaired) electrons. The summed E-state index contributed by atoms with van der Waals surface area (Å²) in [6.45, 7) is 10.9. The average molecular weight is 603 g/mol. The van der Waals surface area contributed by atoms with Gasteiger partial charge >= 0.3 is 0 Å². The minimum Gasteiger partial charge on any atom is -0.389 e. The van der Waals surface area contributed by atoms with Gasteiger partial charge in [-0.1, -0.05) is 13.2 Å². The van der Waals surface area contributed by atoms with Crippen LogP contribution in [0.15, 0.2) is 37.3 Å². The van der Waals surface area contributed by atoms with Crippen LogP contribution in [0.1, 0.15) is 105 Å². The van der Waals surface area contributed by atoms with Crippen molar-refractivity contribution in [2.24, 2.45) is 13.0 Å². The minimum atomic E-state index is -2.65. The highest BCUT2D eigenvalue weighted by Gasteiger charge is 2.40. The first-order valence-corrected chi connectivity index (χ1v) is 15.3. The van der Waals surface area contributed by atoms with Crippen molar-refractivity contribution in [1.29, 1.82) is 0 Å². The summed E-state index contributed by atoms with van der Waals surface area (Å²) in [5.41, 5.74) is 4.65. The lowest BCUT2D eigenvalue weighted by molar-refractivity contribution is -0.0493. The number of halogens is 4. The zero-order valence-electron chi connectivity index (χ0n) is 25.1. The topological polar surface area (TPSA) is 85.0 Å². The predicted molar refractivity (Wildman–Crippen MR) is 158 cm³/mol. The Labute approximate surface area is 250 Å². The maximum atomic E-state index is 13.9. The zero-order valence-corrected chi connectivity index (χ0v) is 25.1. The van der Waals surface area contributed by atoms with Crippen LogP contribution in [0.3, 0.4) is 0 Å². The van der Waals surface area contributed by atoms with Crippen molar-refractivity contribution in [2.75, 3.05) is 6.54 Å².